The monoisotopic (exact) mass is 652 g/mol. The lowest BCUT2D eigenvalue weighted by atomic mass is 9.86. The highest BCUT2D eigenvalue weighted by atomic mass is 32.1. The fourth-order valence-electron chi connectivity index (χ4n) is 8.35. The molecule has 0 amide bonds. The second-order valence-electron chi connectivity index (χ2n) is 13.1. The van der Waals surface area contributed by atoms with E-state index >= 15 is 0 Å². The van der Waals surface area contributed by atoms with Crippen molar-refractivity contribution >= 4 is 85.8 Å². The van der Waals surface area contributed by atoms with E-state index in [9.17, 15) is 0 Å². The van der Waals surface area contributed by atoms with Crippen LogP contribution in [0.4, 0.5) is 0 Å². The van der Waals surface area contributed by atoms with Crippen molar-refractivity contribution in [3.05, 3.63) is 170 Å². The molecule has 232 valence electrons. The summed E-state index contributed by atoms with van der Waals surface area (Å²) in [4.78, 5) is 0. The zero-order valence-electron chi connectivity index (χ0n) is 27.0. The summed E-state index contributed by atoms with van der Waals surface area (Å²) in [5.74, 6) is 0. The predicted molar refractivity (Wildman–Crippen MR) is 215 cm³/mol. The number of rotatable bonds is 3. The van der Waals surface area contributed by atoms with Gasteiger partial charge in [0.25, 0.3) is 0 Å². The molecule has 0 saturated heterocycles. The van der Waals surface area contributed by atoms with Crippen molar-refractivity contribution in [2.75, 3.05) is 0 Å². The van der Waals surface area contributed by atoms with E-state index in [1.54, 1.807) is 0 Å². The van der Waals surface area contributed by atoms with Crippen molar-refractivity contribution in [2.24, 2.45) is 0 Å². The van der Waals surface area contributed by atoms with E-state index in [1.165, 1.54) is 85.7 Å². The second-order valence-corrected chi connectivity index (χ2v) is 14.2. The van der Waals surface area contributed by atoms with Crippen molar-refractivity contribution < 1.29 is 4.42 Å². The quantitative estimate of drug-likeness (QED) is 0.173. The minimum atomic E-state index is 0.906. The predicted octanol–water partition coefficient (Wildman–Crippen LogP) is 14.4. The Morgan fingerprint density at radius 2 is 0.880 bits per heavy atom. The Morgan fingerprint density at radius 1 is 0.320 bits per heavy atom. The highest BCUT2D eigenvalue weighted by molar-refractivity contribution is 7.26. The third kappa shape index (κ3) is 3.94. The van der Waals surface area contributed by atoms with E-state index in [2.05, 4.69) is 170 Å². The van der Waals surface area contributed by atoms with Crippen LogP contribution in [-0.2, 0) is 0 Å². The number of fused-ring (bicyclic) bond motifs is 11. The van der Waals surface area contributed by atoms with Crippen LogP contribution in [0.5, 0.6) is 0 Å². The van der Waals surface area contributed by atoms with Crippen LogP contribution in [0.15, 0.2) is 174 Å². The fraction of sp³-hybridized carbons (Fsp3) is 0. The summed E-state index contributed by atoms with van der Waals surface area (Å²) in [6.45, 7) is 0. The van der Waals surface area contributed by atoms with Crippen LogP contribution in [0, 0.1) is 0 Å². The van der Waals surface area contributed by atoms with Gasteiger partial charge in [-0.25, -0.2) is 0 Å². The molecule has 0 aliphatic heterocycles. The Morgan fingerprint density at radius 3 is 1.56 bits per heavy atom. The molecule has 11 aromatic rings. The van der Waals surface area contributed by atoms with Crippen molar-refractivity contribution in [2.45, 2.75) is 0 Å². The van der Waals surface area contributed by atoms with Gasteiger partial charge in [-0.05, 0) is 96.7 Å². The van der Waals surface area contributed by atoms with Gasteiger partial charge >= 0.3 is 0 Å². The van der Waals surface area contributed by atoms with E-state index < -0.39 is 0 Å². The summed E-state index contributed by atoms with van der Waals surface area (Å²) in [6.07, 6.45) is 0. The third-order valence-corrected chi connectivity index (χ3v) is 11.6. The molecule has 50 heavy (non-hydrogen) atoms. The molecular formula is C48H28OS. The molecule has 0 aliphatic rings. The maximum atomic E-state index is 6.83. The van der Waals surface area contributed by atoms with Crippen LogP contribution in [0.3, 0.4) is 0 Å². The second kappa shape index (κ2) is 10.6. The van der Waals surface area contributed by atoms with Crippen LogP contribution in [0.25, 0.3) is 108 Å². The Bertz CT molecular complexity index is 3070. The molecule has 0 saturated carbocycles. The average Bonchev–Trinajstić information content (AvgIpc) is 3.75. The first kappa shape index (κ1) is 27.7. The van der Waals surface area contributed by atoms with E-state index in [1.807, 2.05) is 11.3 Å². The molecule has 2 heteroatoms. The van der Waals surface area contributed by atoms with Crippen molar-refractivity contribution in [1.29, 1.82) is 0 Å². The molecule has 2 aromatic heterocycles. The van der Waals surface area contributed by atoms with E-state index in [4.69, 9.17) is 4.42 Å². The largest absolute Gasteiger partial charge is 0.456 e. The molecule has 0 atom stereocenters. The molecule has 9 aromatic carbocycles. The smallest absolute Gasteiger partial charge is 0.136 e. The number of hydrogen-bond donors (Lipinski definition) is 0. The molecule has 0 fully saturated rings. The molecule has 0 N–H and O–H groups in total. The molecule has 0 aliphatic carbocycles. The van der Waals surface area contributed by atoms with Gasteiger partial charge in [-0.2, -0.15) is 0 Å². The van der Waals surface area contributed by atoms with Crippen LogP contribution in [0.1, 0.15) is 0 Å². The Balaban J connectivity index is 1.24. The summed E-state index contributed by atoms with van der Waals surface area (Å²) in [6, 6.07) is 61.7. The molecule has 0 spiro atoms. The molecular weight excluding hydrogens is 625 g/mol. The van der Waals surface area contributed by atoms with Gasteiger partial charge in [0.15, 0.2) is 0 Å². The van der Waals surface area contributed by atoms with E-state index in [0.717, 1.165) is 22.1 Å². The Kier molecular flexibility index (Phi) is 5.89. The van der Waals surface area contributed by atoms with Crippen molar-refractivity contribution in [3.8, 4) is 33.4 Å². The average molecular weight is 653 g/mol. The van der Waals surface area contributed by atoms with Gasteiger partial charge in [-0.3, -0.25) is 0 Å². The molecule has 0 radical (unpaired) electrons. The van der Waals surface area contributed by atoms with Crippen LogP contribution in [-0.4, -0.2) is 0 Å². The first-order chi connectivity index (χ1) is 24.8. The number of furan rings is 1. The maximum Gasteiger partial charge on any atom is 0.136 e. The third-order valence-electron chi connectivity index (χ3n) is 10.4. The summed E-state index contributed by atoms with van der Waals surface area (Å²) < 4.78 is 9.43. The SMILES string of the molecule is c1ccc(-c2c3ccccc3c(-c3ccc4c(c3)oc3ccc5c(-c6ccccc6)cc6sc7ccccc7c6c5c34)c3ccccc23)cc1. The Hall–Kier alpha value is -6.22. The summed E-state index contributed by atoms with van der Waals surface area (Å²) in [5, 5.41) is 12.4. The highest BCUT2D eigenvalue weighted by Crippen LogP contribution is 2.49. The van der Waals surface area contributed by atoms with Gasteiger partial charge in [-0.15, -0.1) is 11.3 Å². The van der Waals surface area contributed by atoms with Gasteiger partial charge in [0.2, 0.25) is 0 Å². The fourth-order valence-corrected chi connectivity index (χ4v) is 9.51. The maximum absolute atomic E-state index is 6.83. The first-order valence-electron chi connectivity index (χ1n) is 17.1. The van der Waals surface area contributed by atoms with E-state index in [0.29, 0.717) is 0 Å². The molecule has 1 nitrogen and oxygen atoms in total. The van der Waals surface area contributed by atoms with Gasteiger partial charge in [0, 0.05) is 36.3 Å². The lowest BCUT2D eigenvalue weighted by molar-refractivity contribution is 0.669. The standard InChI is InChI=1S/C48H28OS/c1-3-13-29(14-4-1)39-28-43-47(38-21-11-12-22-42(38)50-43)48-36(39)25-26-40-46(48)37-24-23-31(27-41(37)49-40)45-34-19-9-7-17-32(34)44(30-15-5-2-6-16-30)33-18-8-10-20-35(33)45/h1-28H. The lowest BCUT2D eigenvalue weighted by Crippen LogP contribution is -1.90. The van der Waals surface area contributed by atoms with Crippen LogP contribution >= 0.6 is 11.3 Å². The minimum Gasteiger partial charge on any atom is -0.456 e. The minimum absolute atomic E-state index is 0.906. The lowest BCUT2D eigenvalue weighted by Gasteiger charge is -2.17. The zero-order chi connectivity index (χ0) is 32.8. The van der Waals surface area contributed by atoms with Crippen molar-refractivity contribution in [3.63, 3.8) is 0 Å². The topological polar surface area (TPSA) is 13.1 Å². The van der Waals surface area contributed by atoms with Gasteiger partial charge in [-0.1, -0.05) is 133 Å². The summed E-state index contributed by atoms with van der Waals surface area (Å²) >= 11 is 1.87. The molecule has 0 unspecified atom stereocenters. The number of hydrogen-bond acceptors (Lipinski definition) is 2. The summed E-state index contributed by atoms with van der Waals surface area (Å²) in [5.41, 5.74) is 9.20. The normalized spacial score (nSPS) is 12.0. The number of benzene rings is 9. The first-order valence-corrected chi connectivity index (χ1v) is 17.9. The van der Waals surface area contributed by atoms with Gasteiger partial charge in [0.1, 0.15) is 11.2 Å². The highest BCUT2D eigenvalue weighted by Gasteiger charge is 2.21. The van der Waals surface area contributed by atoms with Crippen molar-refractivity contribution in [1.82, 2.24) is 0 Å². The summed E-state index contributed by atoms with van der Waals surface area (Å²) in [7, 11) is 0. The van der Waals surface area contributed by atoms with Crippen LogP contribution in [0.2, 0.25) is 0 Å². The van der Waals surface area contributed by atoms with Gasteiger partial charge < -0.3 is 4.42 Å². The molecule has 2 heterocycles. The van der Waals surface area contributed by atoms with Gasteiger partial charge in [0.05, 0.1) is 0 Å². The molecule has 0 bridgehead atoms. The number of thiophene rings is 1. The Labute approximate surface area is 292 Å². The zero-order valence-corrected chi connectivity index (χ0v) is 27.8. The molecule has 11 rings (SSSR count). The van der Waals surface area contributed by atoms with E-state index in [-0.39, 0.29) is 0 Å². The van der Waals surface area contributed by atoms with Crippen LogP contribution < -0.4 is 0 Å².